The lowest BCUT2D eigenvalue weighted by Gasteiger charge is -2.21. The molecule has 0 atom stereocenters. The van der Waals surface area contributed by atoms with Crippen LogP contribution < -0.4 is 14.8 Å². The molecule has 0 unspecified atom stereocenters. The molecule has 1 saturated carbocycles. The maximum atomic E-state index is 12.4. The van der Waals surface area contributed by atoms with Crippen molar-refractivity contribution in [1.29, 1.82) is 0 Å². The van der Waals surface area contributed by atoms with Gasteiger partial charge in [0, 0.05) is 11.6 Å². The zero-order valence-corrected chi connectivity index (χ0v) is 16.6. The molecule has 0 aliphatic heterocycles. The summed E-state index contributed by atoms with van der Waals surface area (Å²) in [7, 11) is 3.13. The van der Waals surface area contributed by atoms with Gasteiger partial charge in [0.25, 0.3) is 0 Å². The van der Waals surface area contributed by atoms with Gasteiger partial charge in [0.15, 0.2) is 21.6 Å². The minimum Gasteiger partial charge on any atom is -0.493 e. The normalized spacial score (nSPS) is 14.8. The van der Waals surface area contributed by atoms with Gasteiger partial charge >= 0.3 is 0 Å². The van der Waals surface area contributed by atoms with Crippen molar-refractivity contribution in [2.45, 2.75) is 42.5 Å². The highest BCUT2D eigenvalue weighted by atomic mass is 32.2. The van der Waals surface area contributed by atoms with E-state index in [1.165, 1.54) is 55.2 Å². The van der Waals surface area contributed by atoms with E-state index in [2.05, 4.69) is 15.5 Å². The van der Waals surface area contributed by atoms with Crippen LogP contribution in [0, 0.1) is 0 Å². The molecule has 0 spiro atoms. The molecule has 8 heteroatoms. The van der Waals surface area contributed by atoms with Gasteiger partial charge in [0.05, 0.1) is 20.0 Å². The molecular weight excluding hydrogens is 370 g/mol. The van der Waals surface area contributed by atoms with Crippen LogP contribution in [0.5, 0.6) is 11.5 Å². The molecule has 6 nitrogen and oxygen atoms in total. The number of nitrogens with one attached hydrogen (secondary N) is 1. The Morgan fingerprint density at radius 3 is 2.69 bits per heavy atom. The van der Waals surface area contributed by atoms with Gasteiger partial charge in [-0.15, -0.1) is 10.2 Å². The zero-order valence-electron chi connectivity index (χ0n) is 15.0. The van der Waals surface area contributed by atoms with Gasteiger partial charge in [-0.1, -0.05) is 42.4 Å². The van der Waals surface area contributed by atoms with E-state index < -0.39 is 0 Å². The van der Waals surface area contributed by atoms with Crippen LogP contribution in [0.25, 0.3) is 0 Å². The van der Waals surface area contributed by atoms with E-state index in [1.807, 2.05) is 0 Å². The number of benzene rings is 1. The number of rotatable bonds is 8. The van der Waals surface area contributed by atoms with Gasteiger partial charge in [-0.05, 0) is 31.0 Å². The molecule has 0 amide bonds. The van der Waals surface area contributed by atoms with Crippen LogP contribution in [0.15, 0.2) is 22.5 Å². The van der Waals surface area contributed by atoms with Gasteiger partial charge < -0.3 is 14.8 Å². The first kappa shape index (κ1) is 19.0. The Morgan fingerprint density at radius 2 is 1.96 bits per heavy atom. The van der Waals surface area contributed by atoms with Gasteiger partial charge in [-0.25, -0.2) is 0 Å². The molecule has 1 aliphatic carbocycles. The largest absolute Gasteiger partial charge is 0.493 e. The second kappa shape index (κ2) is 9.23. The summed E-state index contributed by atoms with van der Waals surface area (Å²) in [6.07, 6.45) is 6.27. The number of aromatic nitrogens is 2. The van der Waals surface area contributed by atoms with Gasteiger partial charge in [0.1, 0.15) is 0 Å². The second-order valence-corrected chi connectivity index (χ2v) is 8.33. The summed E-state index contributed by atoms with van der Waals surface area (Å²) in [6.45, 7) is 0. The molecule has 3 rings (SSSR count). The Labute approximate surface area is 161 Å². The summed E-state index contributed by atoms with van der Waals surface area (Å²) in [5.74, 6) is 1.50. The summed E-state index contributed by atoms with van der Waals surface area (Å²) in [6, 6.07) is 5.70. The molecule has 26 heavy (non-hydrogen) atoms. The smallest absolute Gasteiger partial charge is 0.206 e. The third-order valence-corrected chi connectivity index (χ3v) is 6.36. The van der Waals surface area contributed by atoms with Crippen LogP contribution in [0.1, 0.15) is 42.5 Å². The van der Waals surface area contributed by atoms with Gasteiger partial charge in [-0.2, -0.15) is 0 Å². The molecule has 1 N–H and O–H groups in total. The lowest BCUT2D eigenvalue weighted by atomic mass is 9.96. The summed E-state index contributed by atoms with van der Waals surface area (Å²) in [5.41, 5.74) is 0.597. The maximum Gasteiger partial charge on any atom is 0.206 e. The molecule has 0 radical (unpaired) electrons. The van der Waals surface area contributed by atoms with E-state index in [4.69, 9.17) is 9.47 Å². The van der Waals surface area contributed by atoms with E-state index in [-0.39, 0.29) is 5.78 Å². The van der Waals surface area contributed by atoms with Crippen molar-refractivity contribution in [3.63, 3.8) is 0 Å². The predicted molar refractivity (Wildman–Crippen MR) is 105 cm³/mol. The number of carbonyl (C=O) groups is 1. The monoisotopic (exact) mass is 393 g/mol. The average Bonchev–Trinajstić information content (AvgIpc) is 3.13. The molecule has 0 saturated heterocycles. The number of carbonyl (C=O) groups excluding carboxylic acids is 1. The van der Waals surface area contributed by atoms with Crippen molar-refractivity contribution in [1.82, 2.24) is 10.2 Å². The quantitative estimate of drug-likeness (QED) is 0.530. The third-order valence-electron chi connectivity index (χ3n) is 4.37. The highest BCUT2D eigenvalue weighted by Crippen LogP contribution is 2.31. The fraction of sp³-hybridized carbons (Fsp3) is 0.500. The lowest BCUT2D eigenvalue weighted by molar-refractivity contribution is 0.102. The molecule has 1 fully saturated rings. The van der Waals surface area contributed by atoms with E-state index in [0.29, 0.717) is 28.9 Å². The fourth-order valence-corrected chi connectivity index (χ4v) is 4.69. The highest BCUT2D eigenvalue weighted by Gasteiger charge is 2.16. The number of Topliss-reactive ketones (excluding diaryl/α,β-unsaturated/α-hetero) is 1. The SMILES string of the molecule is COc1ccc(C(=O)CSc2nnc(NC3CCCCC3)s2)cc1OC. The maximum absolute atomic E-state index is 12.4. The van der Waals surface area contributed by atoms with Crippen molar-refractivity contribution in [3.05, 3.63) is 23.8 Å². The van der Waals surface area contributed by atoms with Gasteiger partial charge in [-0.3, -0.25) is 4.79 Å². The van der Waals surface area contributed by atoms with Crippen molar-refractivity contribution in [3.8, 4) is 11.5 Å². The summed E-state index contributed by atoms with van der Waals surface area (Å²) in [4.78, 5) is 12.4. The second-order valence-electron chi connectivity index (χ2n) is 6.13. The third kappa shape index (κ3) is 4.88. The van der Waals surface area contributed by atoms with E-state index in [9.17, 15) is 4.79 Å². The molecule has 1 aromatic heterocycles. The number of methoxy groups -OCH3 is 2. The van der Waals surface area contributed by atoms with Crippen LogP contribution in [-0.4, -0.2) is 42.0 Å². The van der Waals surface area contributed by atoms with Crippen LogP contribution in [0.2, 0.25) is 0 Å². The van der Waals surface area contributed by atoms with Crippen molar-refractivity contribution in [2.75, 3.05) is 25.3 Å². The molecule has 140 valence electrons. The topological polar surface area (TPSA) is 73.3 Å². The molecule has 2 aromatic rings. The molecule has 1 aromatic carbocycles. The lowest BCUT2D eigenvalue weighted by Crippen LogP contribution is -2.21. The van der Waals surface area contributed by atoms with Crippen LogP contribution in [0.3, 0.4) is 0 Å². The van der Waals surface area contributed by atoms with Crippen LogP contribution in [-0.2, 0) is 0 Å². The van der Waals surface area contributed by atoms with Crippen LogP contribution in [0.4, 0.5) is 5.13 Å². The Bertz CT molecular complexity index is 745. The minimum absolute atomic E-state index is 0.0212. The summed E-state index contributed by atoms with van der Waals surface area (Å²) < 4.78 is 11.3. The number of anilines is 1. The summed E-state index contributed by atoms with van der Waals surface area (Å²) >= 11 is 2.92. The first-order chi connectivity index (χ1) is 12.7. The first-order valence-corrected chi connectivity index (χ1v) is 10.5. The zero-order chi connectivity index (χ0) is 18.4. The number of hydrogen-bond donors (Lipinski definition) is 1. The number of nitrogens with zero attached hydrogens (tertiary/aromatic N) is 2. The Morgan fingerprint density at radius 1 is 1.19 bits per heavy atom. The Balaban J connectivity index is 1.54. The molecule has 0 bridgehead atoms. The van der Waals surface area contributed by atoms with Crippen LogP contribution >= 0.6 is 23.1 Å². The Hall–Kier alpha value is -1.80. The minimum atomic E-state index is 0.0212. The average molecular weight is 394 g/mol. The predicted octanol–water partition coefficient (Wildman–Crippen LogP) is 4.27. The standard InChI is InChI=1S/C18H23N3O3S2/c1-23-15-9-8-12(10-16(15)24-2)14(22)11-25-18-21-20-17(26-18)19-13-6-4-3-5-7-13/h8-10,13H,3-7,11H2,1-2H3,(H,19,20). The molecular formula is C18H23N3O3S2. The van der Waals surface area contributed by atoms with E-state index in [0.717, 1.165) is 9.47 Å². The van der Waals surface area contributed by atoms with E-state index in [1.54, 1.807) is 32.4 Å². The molecule has 1 aliphatic rings. The number of ether oxygens (including phenoxy) is 2. The van der Waals surface area contributed by atoms with Crippen molar-refractivity contribution < 1.29 is 14.3 Å². The van der Waals surface area contributed by atoms with E-state index >= 15 is 0 Å². The van der Waals surface area contributed by atoms with Gasteiger partial charge in [0.2, 0.25) is 5.13 Å². The summed E-state index contributed by atoms with van der Waals surface area (Å²) in [5, 5.41) is 12.7. The Kier molecular flexibility index (Phi) is 6.73. The first-order valence-electron chi connectivity index (χ1n) is 8.67. The number of ketones is 1. The fourth-order valence-electron chi connectivity index (χ4n) is 2.97. The number of hydrogen-bond acceptors (Lipinski definition) is 8. The molecule has 1 heterocycles. The highest BCUT2D eigenvalue weighted by molar-refractivity contribution is 8.01. The van der Waals surface area contributed by atoms with Crippen molar-refractivity contribution in [2.24, 2.45) is 0 Å². The van der Waals surface area contributed by atoms with Crippen molar-refractivity contribution >= 4 is 34.0 Å². The number of thioether (sulfide) groups is 1.